The summed E-state index contributed by atoms with van der Waals surface area (Å²) in [6.45, 7) is 4.79. The molecular weight excluding hydrogens is 439 g/mol. The largest absolute Gasteiger partial charge is 0.486 e. The topological polar surface area (TPSA) is 94.2 Å². The van der Waals surface area contributed by atoms with Gasteiger partial charge in [-0.25, -0.2) is 12.8 Å². The van der Waals surface area contributed by atoms with E-state index < -0.39 is 28.3 Å². The molecule has 3 rings (SSSR count). The highest BCUT2D eigenvalue weighted by atomic mass is 32.2. The summed E-state index contributed by atoms with van der Waals surface area (Å²) in [6.07, 6.45) is 0.670. The second-order valence-corrected chi connectivity index (χ2v) is 9.28. The van der Waals surface area contributed by atoms with Gasteiger partial charge in [-0.1, -0.05) is 6.07 Å². The van der Waals surface area contributed by atoms with E-state index in [1.54, 1.807) is 0 Å². The van der Waals surface area contributed by atoms with Crippen LogP contribution in [0.4, 0.5) is 10.1 Å². The Bertz CT molecular complexity index is 1040. The Morgan fingerprint density at radius 3 is 2.62 bits per heavy atom. The van der Waals surface area contributed by atoms with Crippen LogP contribution in [-0.2, 0) is 19.6 Å². The van der Waals surface area contributed by atoms with Crippen molar-refractivity contribution in [3.63, 3.8) is 0 Å². The maximum atomic E-state index is 13.9. The van der Waals surface area contributed by atoms with Crippen LogP contribution in [0.5, 0.6) is 11.5 Å². The average Bonchev–Trinajstić information content (AvgIpc) is 2.76. The van der Waals surface area contributed by atoms with Crippen molar-refractivity contribution in [1.29, 1.82) is 0 Å². The Balaban J connectivity index is 1.80. The standard InChI is InChI=1S/C22H27FN2O6S/c1-16(2)29-10-4-9-24-22(26)15-25(18-6-3-5-17(23)13-18)32(27,28)19-7-8-20-21(14-19)31-12-11-30-20/h3,5-8,13-14,16H,4,9-12,15H2,1-2H3,(H,24,26). The van der Waals surface area contributed by atoms with Crippen molar-refractivity contribution >= 4 is 21.6 Å². The van der Waals surface area contributed by atoms with E-state index in [0.29, 0.717) is 44.3 Å². The van der Waals surface area contributed by atoms with Crippen LogP contribution >= 0.6 is 0 Å². The number of amides is 1. The summed E-state index contributed by atoms with van der Waals surface area (Å²) in [4.78, 5) is 12.4. The number of hydrogen-bond acceptors (Lipinski definition) is 6. The summed E-state index contributed by atoms with van der Waals surface area (Å²) < 4.78 is 57.9. The zero-order valence-electron chi connectivity index (χ0n) is 18.0. The molecule has 2 aromatic rings. The molecule has 0 aliphatic carbocycles. The lowest BCUT2D eigenvalue weighted by atomic mass is 10.3. The Hall–Kier alpha value is -2.85. The lowest BCUT2D eigenvalue weighted by molar-refractivity contribution is -0.119. The lowest BCUT2D eigenvalue weighted by Gasteiger charge is -2.25. The van der Waals surface area contributed by atoms with Crippen LogP contribution in [-0.4, -0.2) is 53.3 Å². The van der Waals surface area contributed by atoms with Crippen molar-refractivity contribution in [3.05, 3.63) is 48.3 Å². The number of sulfonamides is 1. The number of fused-ring (bicyclic) bond motifs is 1. The van der Waals surface area contributed by atoms with Crippen molar-refractivity contribution in [3.8, 4) is 11.5 Å². The van der Waals surface area contributed by atoms with Crippen molar-refractivity contribution in [2.24, 2.45) is 0 Å². The molecule has 0 unspecified atom stereocenters. The molecule has 8 nitrogen and oxygen atoms in total. The third kappa shape index (κ3) is 6.10. The van der Waals surface area contributed by atoms with E-state index in [1.807, 2.05) is 13.8 Å². The van der Waals surface area contributed by atoms with Gasteiger partial charge in [0.1, 0.15) is 25.6 Å². The molecule has 2 aromatic carbocycles. The van der Waals surface area contributed by atoms with Gasteiger partial charge < -0.3 is 19.5 Å². The SMILES string of the molecule is CC(C)OCCCNC(=O)CN(c1cccc(F)c1)S(=O)(=O)c1ccc2c(c1)OCCO2. The Morgan fingerprint density at radius 2 is 1.91 bits per heavy atom. The van der Waals surface area contributed by atoms with Gasteiger partial charge in [0.05, 0.1) is 16.7 Å². The number of nitrogens with zero attached hydrogens (tertiary/aromatic N) is 1. The fourth-order valence-electron chi connectivity index (χ4n) is 3.06. The minimum atomic E-state index is -4.20. The monoisotopic (exact) mass is 466 g/mol. The molecule has 0 aromatic heterocycles. The van der Waals surface area contributed by atoms with Gasteiger partial charge in [0, 0.05) is 19.2 Å². The first kappa shape index (κ1) is 23.8. The van der Waals surface area contributed by atoms with E-state index in [0.717, 1.165) is 10.4 Å². The molecule has 174 valence electrons. The summed E-state index contributed by atoms with van der Waals surface area (Å²) >= 11 is 0. The molecule has 10 heteroatoms. The second kappa shape index (κ2) is 10.6. The normalized spacial score (nSPS) is 13.1. The fraction of sp³-hybridized carbons (Fsp3) is 0.409. The zero-order valence-corrected chi connectivity index (χ0v) is 18.9. The highest BCUT2D eigenvalue weighted by Gasteiger charge is 2.29. The maximum absolute atomic E-state index is 13.9. The average molecular weight is 467 g/mol. The summed E-state index contributed by atoms with van der Waals surface area (Å²) in [6, 6.07) is 9.31. The Kier molecular flexibility index (Phi) is 7.92. The van der Waals surface area contributed by atoms with Gasteiger partial charge in [-0.15, -0.1) is 0 Å². The quantitative estimate of drug-likeness (QED) is 0.541. The van der Waals surface area contributed by atoms with Gasteiger partial charge in [-0.3, -0.25) is 9.10 Å². The summed E-state index contributed by atoms with van der Waals surface area (Å²) in [5.41, 5.74) is 0.0400. The number of benzene rings is 2. The van der Waals surface area contributed by atoms with Crippen LogP contribution in [0.15, 0.2) is 47.4 Å². The molecule has 32 heavy (non-hydrogen) atoms. The van der Waals surface area contributed by atoms with E-state index in [-0.39, 0.29) is 16.7 Å². The Morgan fingerprint density at radius 1 is 1.16 bits per heavy atom. The predicted octanol–water partition coefficient (Wildman–Crippen LogP) is 2.72. The van der Waals surface area contributed by atoms with Gasteiger partial charge in [-0.2, -0.15) is 0 Å². The highest BCUT2D eigenvalue weighted by molar-refractivity contribution is 7.92. The molecule has 1 aliphatic rings. The van der Waals surface area contributed by atoms with Gasteiger partial charge in [0.2, 0.25) is 5.91 Å². The number of rotatable bonds is 10. The molecule has 0 atom stereocenters. The summed E-state index contributed by atoms with van der Waals surface area (Å²) in [5.74, 6) is -0.393. The number of anilines is 1. The molecule has 0 saturated heterocycles. The molecule has 1 N–H and O–H groups in total. The minimum Gasteiger partial charge on any atom is -0.486 e. The predicted molar refractivity (Wildman–Crippen MR) is 117 cm³/mol. The summed E-state index contributed by atoms with van der Waals surface area (Å²) in [5, 5.41) is 2.68. The maximum Gasteiger partial charge on any atom is 0.264 e. The minimum absolute atomic E-state index is 0.0400. The smallest absolute Gasteiger partial charge is 0.264 e. The van der Waals surface area contributed by atoms with Gasteiger partial charge in [-0.05, 0) is 50.6 Å². The first-order valence-electron chi connectivity index (χ1n) is 10.3. The zero-order chi connectivity index (χ0) is 23.1. The number of hydrogen-bond donors (Lipinski definition) is 1. The molecule has 0 saturated carbocycles. The van der Waals surface area contributed by atoms with Crippen molar-refractivity contribution in [1.82, 2.24) is 5.32 Å². The molecule has 0 radical (unpaired) electrons. The van der Waals surface area contributed by atoms with Gasteiger partial charge in [0.15, 0.2) is 11.5 Å². The van der Waals surface area contributed by atoms with E-state index in [1.165, 1.54) is 36.4 Å². The molecule has 0 bridgehead atoms. The lowest BCUT2D eigenvalue weighted by Crippen LogP contribution is -2.41. The first-order valence-corrected chi connectivity index (χ1v) is 11.8. The molecule has 0 fully saturated rings. The highest BCUT2D eigenvalue weighted by Crippen LogP contribution is 2.34. The number of carbonyl (C=O) groups excluding carboxylic acids is 1. The van der Waals surface area contributed by atoms with E-state index in [4.69, 9.17) is 14.2 Å². The van der Waals surface area contributed by atoms with Crippen LogP contribution in [0.25, 0.3) is 0 Å². The molecule has 1 amide bonds. The fourth-order valence-corrected chi connectivity index (χ4v) is 4.49. The number of nitrogens with one attached hydrogen (secondary N) is 1. The van der Waals surface area contributed by atoms with Crippen LogP contribution in [0.3, 0.4) is 0 Å². The van der Waals surface area contributed by atoms with Crippen molar-refractivity contribution < 1.29 is 31.8 Å². The van der Waals surface area contributed by atoms with E-state index in [2.05, 4.69) is 5.32 Å². The molecule has 1 heterocycles. The number of carbonyl (C=O) groups is 1. The molecule has 1 aliphatic heterocycles. The van der Waals surface area contributed by atoms with Crippen LogP contribution in [0, 0.1) is 5.82 Å². The first-order chi connectivity index (χ1) is 15.3. The third-order valence-electron chi connectivity index (χ3n) is 4.58. The molecule has 0 spiro atoms. The Labute approximate surface area is 187 Å². The van der Waals surface area contributed by atoms with Crippen LogP contribution in [0.2, 0.25) is 0 Å². The summed E-state index contributed by atoms with van der Waals surface area (Å²) in [7, 11) is -4.20. The van der Waals surface area contributed by atoms with Crippen LogP contribution in [0.1, 0.15) is 20.3 Å². The number of ether oxygens (including phenoxy) is 3. The van der Waals surface area contributed by atoms with E-state index in [9.17, 15) is 17.6 Å². The molecular formula is C22H27FN2O6S. The van der Waals surface area contributed by atoms with Crippen LogP contribution < -0.4 is 19.1 Å². The third-order valence-corrected chi connectivity index (χ3v) is 6.35. The van der Waals surface area contributed by atoms with Gasteiger partial charge in [0.25, 0.3) is 10.0 Å². The van der Waals surface area contributed by atoms with Crippen molar-refractivity contribution in [2.45, 2.75) is 31.3 Å². The second-order valence-electron chi connectivity index (χ2n) is 7.42. The van der Waals surface area contributed by atoms with E-state index >= 15 is 0 Å². The number of halogens is 1. The van der Waals surface area contributed by atoms with Gasteiger partial charge >= 0.3 is 0 Å². The van der Waals surface area contributed by atoms with Crippen molar-refractivity contribution in [2.75, 3.05) is 37.2 Å².